The molecule has 0 amide bonds. The lowest BCUT2D eigenvalue weighted by Gasteiger charge is -2.20. The summed E-state index contributed by atoms with van der Waals surface area (Å²) >= 11 is 0. The summed E-state index contributed by atoms with van der Waals surface area (Å²) < 4.78 is 25.7. The molecule has 1 saturated heterocycles. The van der Waals surface area contributed by atoms with Gasteiger partial charge in [-0.1, -0.05) is 13.8 Å². The fraction of sp³-hybridized carbons (Fsp3) is 1.00. The molecule has 0 aromatic heterocycles. The van der Waals surface area contributed by atoms with Crippen molar-refractivity contribution in [2.75, 3.05) is 25.4 Å². The third kappa shape index (κ3) is 3.71. The number of nitrogens with one attached hydrogen (secondary N) is 1. The van der Waals surface area contributed by atoms with Crippen molar-refractivity contribution in [3.8, 4) is 0 Å². The second kappa shape index (κ2) is 5.98. The van der Waals surface area contributed by atoms with Gasteiger partial charge in [-0.15, -0.1) is 0 Å². The van der Waals surface area contributed by atoms with E-state index in [1.165, 1.54) is 0 Å². The lowest BCUT2D eigenvalue weighted by molar-refractivity contribution is 0.405. The maximum Gasteiger partial charge on any atom is 0.215 e. The molecule has 0 aromatic rings. The molecule has 1 fully saturated rings. The first-order valence-electron chi connectivity index (χ1n) is 6.17. The number of nitrogens with zero attached hydrogens (tertiary/aromatic N) is 1. The molecule has 0 bridgehead atoms. The van der Waals surface area contributed by atoms with Gasteiger partial charge in [-0.05, 0) is 32.2 Å². The predicted octanol–water partition coefficient (Wildman–Crippen LogP) is 1.05. The van der Waals surface area contributed by atoms with Crippen molar-refractivity contribution in [3.63, 3.8) is 0 Å². The number of hydrogen-bond acceptors (Lipinski definition) is 3. The highest BCUT2D eigenvalue weighted by atomic mass is 32.2. The Hall–Kier alpha value is -0.130. The lowest BCUT2D eigenvalue weighted by Crippen LogP contribution is -2.38. The molecule has 1 aliphatic heterocycles. The standard InChI is InChI=1S/C11H24N2O2S/c1-4-5-12-6-7-16(14,15)13-9-10(2)8-11(13)3/h10-12H,4-9H2,1-3H3. The molecule has 0 aliphatic carbocycles. The topological polar surface area (TPSA) is 49.4 Å². The Bertz CT molecular complexity index is 303. The van der Waals surface area contributed by atoms with Crippen LogP contribution in [-0.2, 0) is 10.0 Å². The summed E-state index contributed by atoms with van der Waals surface area (Å²) in [5, 5.41) is 3.13. The monoisotopic (exact) mass is 248 g/mol. The lowest BCUT2D eigenvalue weighted by atomic mass is 10.1. The summed E-state index contributed by atoms with van der Waals surface area (Å²) in [6, 6.07) is 0.172. The minimum atomic E-state index is -3.05. The van der Waals surface area contributed by atoms with Gasteiger partial charge in [0.15, 0.2) is 0 Å². The van der Waals surface area contributed by atoms with Crippen molar-refractivity contribution in [1.29, 1.82) is 0 Å². The highest BCUT2D eigenvalue weighted by Crippen LogP contribution is 2.25. The van der Waals surface area contributed by atoms with Gasteiger partial charge in [-0.2, -0.15) is 4.31 Å². The second-order valence-electron chi connectivity index (χ2n) is 4.83. The minimum Gasteiger partial charge on any atom is -0.316 e. The fourth-order valence-corrected chi connectivity index (χ4v) is 4.02. The van der Waals surface area contributed by atoms with E-state index in [1.54, 1.807) is 4.31 Å². The molecule has 4 nitrogen and oxygen atoms in total. The van der Waals surface area contributed by atoms with E-state index in [0.29, 0.717) is 19.0 Å². The first-order chi connectivity index (χ1) is 7.47. The van der Waals surface area contributed by atoms with Crippen molar-refractivity contribution >= 4 is 10.0 Å². The summed E-state index contributed by atoms with van der Waals surface area (Å²) in [5.74, 6) is 0.720. The van der Waals surface area contributed by atoms with Gasteiger partial charge in [-0.25, -0.2) is 8.42 Å². The van der Waals surface area contributed by atoms with Gasteiger partial charge >= 0.3 is 0 Å². The molecular weight excluding hydrogens is 224 g/mol. The average Bonchev–Trinajstić information content (AvgIpc) is 2.53. The molecule has 0 spiro atoms. The van der Waals surface area contributed by atoms with Crippen molar-refractivity contribution in [3.05, 3.63) is 0 Å². The highest BCUT2D eigenvalue weighted by molar-refractivity contribution is 7.89. The number of sulfonamides is 1. The zero-order valence-electron chi connectivity index (χ0n) is 10.6. The van der Waals surface area contributed by atoms with Crippen molar-refractivity contribution < 1.29 is 8.42 Å². The zero-order chi connectivity index (χ0) is 12.2. The molecule has 0 saturated carbocycles. The maximum atomic E-state index is 12.0. The molecule has 1 aliphatic rings. The molecule has 1 N–H and O–H groups in total. The van der Waals surface area contributed by atoms with Crippen LogP contribution in [0.2, 0.25) is 0 Å². The van der Waals surface area contributed by atoms with E-state index in [2.05, 4.69) is 19.2 Å². The van der Waals surface area contributed by atoms with E-state index in [4.69, 9.17) is 0 Å². The van der Waals surface area contributed by atoms with Gasteiger partial charge in [0.2, 0.25) is 10.0 Å². The average molecular weight is 248 g/mol. The van der Waals surface area contributed by atoms with Crippen LogP contribution in [0.4, 0.5) is 0 Å². The third-order valence-electron chi connectivity index (χ3n) is 3.05. The zero-order valence-corrected chi connectivity index (χ0v) is 11.4. The van der Waals surface area contributed by atoms with E-state index in [0.717, 1.165) is 19.4 Å². The van der Waals surface area contributed by atoms with Crippen LogP contribution in [0.15, 0.2) is 0 Å². The van der Waals surface area contributed by atoms with Gasteiger partial charge in [-0.3, -0.25) is 0 Å². The largest absolute Gasteiger partial charge is 0.316 e. The number of hydrogen-bond donors (Lipinski definition) is 1. The highest BCUT2D eigenvalue weighted by Gasteiger charge is 2.34. The van der Waals surface area contributed by atoms with E-state index < -0.39 is 10.0 Å². The molecule has 5 heteroatoms. The van der Waals surface area contributed by atoms with Gasteiger partial charge in [0.05, 0.1) is 5.75 Å². The van der Waals surface area contributed by atoms with Gasteiger partial charge < -0.3 is 5.32 Å². The molecule has 2 atom stereocenters. The van der Waals surface area contributed by atoms with Gasteiger partial charge in [0.25, 0.3) is 0 Å². The van der Waals surface area contributed by atoms with E-state index in [1.807, 2.05) is 6.92 Å². The second-order valence-corrected chi connectivity index (χ2v) is 6.87. The molecule has 16 heavy (non-hydrogen) atoms. The van der Waals surface area contributed by atoms with Crippen molar-refractivity contribution in [2.45, 2.75) is 39.7 Å². The molecule has 2 unspecified atom stereocenters. The molecule has 1 rings (SSSR count). The summed E-state index contributed by atoms with van der Waals surface area (Å²) in [4.78, 5) is 0. The smallest absolute Gasteiger partial charge is 0.215 e. The minimum absolute atomic E-state index is 0.172. The van der Waals surface area contributed by atoms with Crippen molar-refractivity contribution in [1.82, 2.24) is 9.62 Å². The van der Waals surface area contributed by atoms with Crippen LogP contribution in [0, 0.1) is 5.92 Å². The van der Waals surface area contributed by atoms with E-state index in [-0.39, 0.29) is 11.8 Å². The quantitative estimate of drug-likeness (QED) is 0.715. The van der Waals surface area contributed by atoms with Crippen LogP contribution >= 0.6 is 0 Å². The summed E-state index contributed by atoms with van der Waals surface area (Å²) in [5.41, 5.74) is 0. The van der Waals surface area contributed by atoms with Crippen LogP contribution in [0.5, 0.6) is 0 Å². The van der Waals surface area contributed by atoms with Crippen LogP contribution < -0.4 is 5.32 Å². The Balaban J connectivity index is 2.44. The third-order valence-corrected chi connectivity index (χ3v) is 4.99. The molecule has 96 valence electrons. The van der Waals surface area contributed by atoms with Crippen LogP contribution in [0.1, 0.15) is 33.6 Å². The normalized spacial score (nSPS) is 27.4. The molecular formula is C11H24N2O2S. The molecule has 0 aromatic carbocycles. The Morgan fingerprint density at radius 1 is 1.31 bits per heavy atom. The SMILES string of the molecule is CCCNCCS(=O)(=O)N1CC(C)CC1C. The van der Waals surface area contributed by atoms with Gasteiger partial charge in [0.1, 0.15) is 0 Å². The number of rotatable bonds is 6. The first-order valence-corrected chi connectivity index (χ1v) is 7.78. The molecule has 1 heterocycles. The van der Waals surface area contributed by atoms with Crippen LogP contribution in [0.3, 0.4) is 0 Å². The Morgan fingerprint density at radius 3 is 2.50 bits per heavy atom. The van der Waals surface area contributed by atoms with Crippen molar-refractivity contribution in [2.24, 2.45) is 5.92 Å². The summed E-state index contributed by atoms with van der Waals surface area (Å²) in [7, 11) is -3.05. The maximum absolute atomic E-state index is 12.0. The van der Waals surface area contributed by atoms with Gasteiger partial charge in [0, 0.05) is 19.1 Å². The van der Waals surface area contributed by atoms with E-state index >= 15 is 0 Å². The first kappa shape index (κ1) is 13.9. The molecule has 0 radical (unpaired) electrons. The summed E-state index contributed by atoms with van der Waals surface area (Å²) in [6.07, 6.45) is 2.03. The predicted molar refractivity (Wildman–Crippen MR) is 66.9 cm³/mol. The summed E-state index contributed by atoms with van der Waals surface area (Å²) in [6.45, 7) is 8.33. The van der Waals surface area contributed by atoms with Crippen LogP contribution in [0.25, 0.3) is 0 Å². The fourth-order valence-electron chi connectivity index (χ4n) is 2.27. The Kier molecular flexibility index (Phi) is 5.21. The van der Waals surface area contributed by atoms with E-state index in [9.17, 15) is 8.42 Å². The Labute approximate surface area is 99.5 Å². The van der Waals surface area contributed by atoms with Crippen LogP contribution in [-0.4, -0.2) is 44.2 Å². The Morgan fingerprint density at radius 2 is 2.00 bits per heavy atom.